The van der Waals surface area contributed by atoms with Crippen LogP contribution in [0.3, 0.4) is 0 Å². The Morgan fingerprint density at radius 1 is 1.28 bits per heavy atom. The largest absolute Gasteiger partial charge is 0.307 e. The maximum absolute atomic E-state index is 11.7. The molecule has 0 unspecified atom stereocenters. The molecule has 3 heterocycles. The van der Waals surface area contributed by atoms with Crippen LogP contribution in [-0.4, -0.2) is 40.7 Å². The van der Waals surface area contributed by atoms with Crippen LogP contribution < -0.4 is 10.2 Å². The predicted octanol–water partition coefficient (Wildman–Crippen LogP) is 0.408. The van der Waals surface area contributed by atoms with Gasteiger partial charge in [-0.2, -0.15) is 5.10 Å². The van der Waals surface area contributed by atoms with Gasteiger partial charge in [0, 0.05) is 37.1 Å². The second kappa shape index (κ2) is 4.58. The van der Waals surface area contributed by atoms with Crippen LogP contribution in [0.5, 0.6) is 0 Å². The Labute approximate surface area is 104 Å². The summed E-state index contributed by atoms with van der Waals surface area (Å²) in [5.41, 5.74) is 1.89. The molecule has 92 valence electrons. The van der Waals surface area contributed by atoms with Crippen molar-refractivity contribution in [3.05, 3.63) is 30.6 Å². The molecule has 2 N–H and O–H groups in total. The summed E-state index contributed by atoms with van der Waals surface area (Å²) in [6.45, 7) is 1.82. The average Bonchev–Trinajstić information content (AvgIpc) is 2.90. The molecule has 1 fully saturated rings. The Balaban J connectivity index is 1.87. The molecule has 3 rings (SSSR count). The highest BCUT2D eigenvalue weighted by molar-refractivity contribution is 5.95. The molecule has 0 atom stereocenters. The van der Waals surface area contributed by atoms with Crippen LogP contribution in [0.4, 0.5) is 5.82 Å². The van der Waals surface area contributed by atoms with Gasteiger partial charge in [-0.15, -0.1) is 0 Å². The zero-order valence-corrected chi connectivity index (χ0v) is 9.76. The number of anilines is 1. The third kappa shape index (κ3) is 1.98. The zero-order valence-electron chi connectivity index (χ0n) is 9.76. The molecule has 6 heteroatoms. The van der Waals surface area contributed by atoms with Gasteiger partial charge in [-0.3, -0.25) is 19.8 Å². The Hall–Kier alpha value is -2.21. The van der Waals surface area contributed by atoms with Crippen LogP contribution >= 0.6 is 0 Å². The maximum atomic E-state index is 11.7. The molecule has 0 saturated carbocycles. The van der Waals surface area contributed by atoms with Crippen LogP contribution in [0.15, 0.2) is 30.6 Å². The van der Waals surface area contributed by atoms with Gasteiger partial charge in [-0.25, -0.2) is 0 Å². The molecule has 18 heavy (non-hydrogen) atoms. The minimum Gasteiger partial charge on any atom is -0.307 e. The van der Waals surface area contributed by atoms with E-state index < -0.39 is 0 Å². The molecule has 2 aromatic heterocycles. The van der Waals surface area contributed by atoms with E-state index >= 15 is 0 Å². The lowest BCUT2D eigenvalue weighted by Gasteiger charge is -2.24. The number of hydrogen-bond donors (Lipinski definition) is 2. The Morgan fingerprint density at radius 3 is 2.89 bits per heavy atom. The van der Waals surface area contributed by atoms with Crippen molar-refractivity contribution >= 4 is 11.7 Å². The van der Waals surface area contributed by atoms with E-state index in [2.05, 4.69) is 20.5 Å². The monoisotopic (exact) mass is 243 g/mol. The van der Waals surface area contributed by atoms with Gasteiger partial charge in [-0.1, -0.05) is 0 Å². The summed E-state index contributed by atoms with van der Waals surface area (Å²) in [5.74, 6) is 0.724. The molecule has 0 bridgehead atoms. The van der Waals surface area contributed by atoms with Crippen LogP contribution in [0.1, 0.15) is 0 Å². The molecule has 1 aliphatic rings. The molecule has 0 aromatic carbocycles. The number of nitrogens with zero attached hydrogens (tertiary/aromatic N) is 3. The van der Waals surface area contributed by atoms with Crippen LogP contribution in [0.2, 0.25) is 0 Å². The number of amides is 1. The van der Waals surface area contributed by atoms with Crippen molar-refractivity contribution in [2.24, 2.45) is 0 Å². The zero-order chi connectivity index (χ0) is 12.4. The summed E-state index contributed by atoms with van der Waals surface area (Å²) < 4.78 is 0. The second-order valence-electron chi connectivity index (χ2n) is 4.10. The lowest BCUT2D eigenvalue weighted by Crippen LogP contribution is -2.48. The number of carbonyl (C=O) groups is 1. The first-order valence-corrected chi connectivity index (χ1v) is 5.81. The first kappa shape index (κ1) is 10.9. The van der Waals surface area contributed by atoms with Gasteiger partial charge in [-0.05, 0) is 12.1 Å². The normalized spacial score (nSPS) is 16.0. The average molecular weight is 243 g/mol. The van der Waals surface area contributed by atoms with Crippen molar-refractivity contribution in [3.63, 3.8) is 0 Å². The summed E-state index contributed by atoms with van der Waals surface area (Å²) in [4.78, 5) is 17.4. The van der Waals surface area contributed by atoms with Gasteiger partial charge >= 0.3 is 0 Å². The molecule has 1 aliphatic heterocycles. The number of aromatic amines is 1. The number of H-pyrrole nitrogens is 1. The lowest BCUT2D eigenvalue weighted by atomic mass is 10.2. The first-order valence-electron chi connectivity index (χ1n) is 5.81. The minimum absolute atomic E-state index is 0.0500. The van der Waals surface area contributed by atoms with Crippen molar-refractivity contribution < 1.29 is 4.79 Å². The van der Waals surface area contributed by atoms with Gasteiger partial charge in [0.15, 0.2) is 5.82 Å². The summed E-state index contributed by atoms with van der Waals surface area (Å²) in [6, 6.07) is 5.69. The van der Waals surface area contributed by atoms with E-state index in [4.69, 9.17) is 0 Å². The van der Waals surface area contributed by atoms with Gasteiger partial charge < -0.3 is 5.32 Å². The molecule has 1 saturated heterocycles. The highest BCUT2D eigenvalue weighted by Crippen LogP contribution is 2.21. The maximum Gasteiger partial charge on any atom is 0.242 e. The number of hydrogen-bond acceptors (Lipinski definition) is 4. The number of aromatic nitrogens is 3. The molecule has 0 radical (unpaired) electrons. The van der Waals surface area contributed by atoms with Gasteiger partial charge in [0.05, 0.1) is 12.2 Å². The molecular formula is C12H13N5O. The first-order chi connectivity index (χ1) is 8.84. The smallest absolute Gasteiger partial charge is 0.242 e. The number of pyridine rings is 1. The highest BCUT2D eigenvalue weighted by atomic mass is 16.2. The second-order valence-corrected chi connectivity index (χ2v) is 4.10. The van der Waals surface area contributed by atoms with E-state index in [-0.39, 0.29) is 5.91 Å². The number of nitrogens with one attached hydrogen (secondary N) is 2. The number of carbonyl (C=O) groups excluding carboxylic acids is 1. The Bertz CT molecular complexity index is 551. The molecule has 0 aliphatic carbocycles. The van der Waals surface area contributed by atoms with Gasteiger partial charge in [0.1, 0.15) is 0 Å². The molecular weight excluding hydrogens is 230 g/mol. The fraction of sp³-hybridized carbons (Fsp3) is 0.250. The van der Waals surface area contributed by atoms with Crippen molar-refractivity contribution in [3.8, 4) is 11.3 Å². The van der Waals surface area contributed by atoms with E-state index in [1.807, 2.05) is 18.2 Å². The third-order valence-corrected chi connectivity index (χ3v) is 2.92. The van der Waals surface area contributed by atoms with Gasteiger partial charge in [0.25, 0.3) is 0 Å². The summed E-state index contributed by atoms with van der Waals surface area (Å²) in [7, 11) is 0. The van der Waals surface area contributed by atoms with E-state index in [9.17, 15) is 4.79 Å². The predicted molar refractivity (Wildman–Crippen MR) is 67.0 cm³/mol. The number of rotatable bonds is 2. The van der Waals surface area contributed by atoms with Crippen molar-refractivity contribution in [1.82, 2.24) is 20.5 Å². The molecule has 1 amide bonds. The fourth-order valence-corrected chi connectivity index (χ4v) is 1.98. The van der Waals surface area contributed by atoms with Crippen molar-refractivity contribution in [2.75, 3.05) is 24.5 Å². The quantitative estimate of drug-likeness (QED) is 0.801. The van der Waals surface area contributed by atoms with Crippen molar-refractivity contribution in [1.29, 1.82) is 0 Å². The number of piperazine rings is 1. The summed E-state index contributed by atoms with van der Waals surface area (Å²) in [5, 5.41) is 10.2. The third-order valence-electron chi connectivity index (χ3n) is 2.92. The molecule has 6 nitrogen and oxygen atoms in total. The Kier molecular flexibility index (Phi) is 2.77. The highest BCUT2D eigenvalue weighted by Gasteiger charge is 2.21. The van der Waals surface area contributed by atoms with E-state index in [1.165, 1.54) is 0 Å². The van der Waals surface area contributed by atoms with Crippen molar-refractivity contribution in [2.45, 2.75) is 0 Å². The van der Waals surface area contributed by atoms with Gasteiger partial charge in [0.2, 0.25) is 5.91 Å². The topological polar surface area (TPSA) is 73.9 Å². The summed E-state index contributed by atoms with van der Waals surface area (Å²) >= 11 is 0. The molecule has 2 aromatic rings. The Morgan fingerprint density at radius 2 is 2.11 bits per heavy atom. The van der Waals surface area contributed by atoms with E-state index in [1.54, 1.807) is 17.3 Å². The summed E-state index contributed by atoms with van der Waals surface area (Å²) in [6.07, 6.45) is 3.46. The SMILES string of the molecule is O=C1CNCCN1c1cc(-c2ccncc2)[nH]n1. The molecule has 0 spiro atoms. The van der Waals surface area contributed by atoms with Crippen LogP contribution in [0, 0.1) is 0 Å². The van der Waals surface area contributed by atoms with E-state index in [0.717, 1.165) is 17.8 Å². The fourth-order valence-electron chi connectivity index (χ4n) is 1.98. The lowest BCUT2D eigenvalue weighted by molar-refractivity contribution is -0.118. The minimum atomic E-state index is 0.0500. The van der Waals surface area contributed by atoms with Crippen LogP contribution in [0.25, 0.3) is 11.3 Å². The van der Waals surface area contributed by atoms with Crippen LogP contribution in [-0.2, 0) is 4.79 Å². The standard InChI is InChI=1S/C12H13N5O/c18-12-8-14-5-6-17(12)11-7-10(15-16-11)9-1-3-13-4-2-9/h1-4,7,14H,5-6,8H2,(H,15,16). The van der Waals surface area contributed by atoms with E-state index in [0.29, 0.717) is 18.9 Å².